The van der Waals surface area contributed by atoms with Crippen molar-refractivity contribution >= 4 is 11.6 Å². The molecule has 1 aromatic carbocycles. The molecule has 0 aliphatic heterocycles. The molecule has 0 spiro atoms. The van der Waals surface area contributed by atoms with Gasteiger partial charge in [0.25, 0.3) is 0 Å². The maximum atomic E-state index is 5.94. The molecule has 0 bridgehead atoms. The van der Waals surface area contributed by atoms with E-state index in [1.54, 1.807) is 0 Å². The Morgan fingerprint density at radius 2 is 2.00 bits per heavy atom. The van der Waals surface area contributed by atoms with Crippen LogP contribution in [-0.2, 0) is 0 Å². The molecule has 0 saturated heterocycles. The van der Waals surface area contributed by atoms with Gasteiger partial charge in [0.05, 0.1) is 0 Å². The van der Waals surface area contributed by atoms with Gasteiger partial charge < -0.3 is 11.1 Å². The van der Waals surface area contributed by atoms with Crippen molar-refractivity contribution in [3.05, 3.63) is 29.8 Å². The van der Waals surface area contributed by atoms with E-state index in [4.69, 9.17) is 5.73 Å². The van der Waals surface area contributed by atoms with Crippen LogP contribution in [0.2, 0.25) is 0 Å². The van der Waals surface area contributed by atoms with Gasteiger partial charge in [0.2, 0.25) is 0 Å². The second kappa shape index (κ2) is 4.30. The summed E-state index contributed by atoms with van der Waals surface area (Å²) in [5.74, 6) is 1.49. The fourth-order valence-electron chi connectivity index (χ4n) is 2.62. The molecule has 0 aromatic heterocycles. The topological polar surface area (TPSA) is 50.4 Å². The van der Waals surface area contributed by atoms with Crippen LogP contribution in [0.1, 0.15) is 31.2 Å². The average molecular weight is 243 g/mol. The quantitative estimate of drug-likeness (QED) is 0.631. The summed E-state index contributed by atoms with van der Waals surface area (Å²) < 4.78 is 0. The summed E-state index contributed by atoms with van der Waals surface area (Å²) in [6, 6.07) is 8.21. The highest BCUT2D eigenvalue weighted by Crippen LogP contribution is 2.61. The van der Waals surface area contributed by atoms with E-state index in [2.05, 4.69) is 29.4 Å². The zero-order chi connectivity index (χ0) is 12.6. The second-order valence-electron chi connectivity index (χ2n) is 5.83. The summed E-state index contributed by atoms with van der Waals surface area (Å²) in [6.07, 6.45) is 5.50. The van der Waals surface area contributed by atoms with E-state index in [0.29, 0.717) is 11.4 Å². The van der Waals surface area contributed by atoms with Crippen molar-refractivity contribution < 1.29 is 0 Å². The van der Waals surface area contributed by atoms with Crippen LogP contribution in [0.15, 0.2) is 29.3 Å². The van der Waals surface area contributed by atoms with Crippen LogP contribution in [-0.4, -0.2) is 12.5 Å². The molecule has 0 heterocycles. The predicted molar refractivity (Wildman–Crippen MR) is 75.7 cm³/mol. The lowest BCUT2D eigenvalue weighted by Crippen LogP contribution is -2.24. The van der Waals surface area contributed by atoms with E-state index in [-0.39, 0.29) is 0 Å². The number of aliphatic imine (C=N–C) groups is 1. The molecule has 3 heteroatoms. The Morgan fingerprint density at radius 1 is 1.33 bits per heavy atom. The number of hydrogen-bond acceptors (Lipinski definition) is 1. The van der Waals surface area contributed by atoms with Crippen LogP contribution in [0.3, 0.4) is 0 Å². The molecule has 2 aliphatic rings. The molecule has 3 nitrogen and oxygen atoms in total. The molecule has 0 unspecified atom stereocenters. The number of nitrogens with one attached hydrogen (secondary N) is 1. The maximum Gasteiger partial charge on any atom is 0.193 e. The molecule has 2 aliphatic carbocycles. The van der Waals surface area contributed by atoms with Crippen molar-refractivity contribution in [2.24, 2.45) is 22.1 Å². The smallest absolute Gasteiger partial charge is 0.193 e. The number of anilines is 1. The Morgan fingerprint density at radius 3 is 2.56 bits per heavy atom. The van der Waals surface area contributed by atoms with Gasteiger partial charge in [0.1, 0.15) is 0 Å². The molecule has 3 N–H and O–H groups in total. The molecular formula is C15H21N3. The zero-order valence-electron chi connectivity index (χ0n) is 10.9. The molecule has 2 fully saturated rings. The van der Waals surface area contributed by atoms with E-state index in [1.165, 1.54) is 31.2 Å². The third kappa shape index (κ3) is 2.50. The standard InChI is InChI=1S/C15H21N3/c1-11-2-6-13(7-3-11)18-14(16)17-10-15(8-9-15)12-4-5-12/h2-3,6-7,12H,4-5,8-10H2,1H3,(H3,16,17,18). The van der Waals surface area contributed by atoms with Crippen molar-refractivity contribution in [1.82, 2.24) is 0 Å². The van der Waals surface area contributed by atoms with Crippen molar-refractivity contribution in [1.29, 1.82) is 0 Å². The van der Waals surface area contributed by atoms with Gasteiger partial charge >= 0.3 is 0 Å². The van der Waals surface area contributed by atoms with Crippen LogP contribution < -0.4 is 11.1 Å². The van der Waals surface area contributed by atoms with E-state index in [1.807, 2.05) is 12.1 Å². The largest absolute Gasteiger partial charge is 0.370 e. The SMILES string of the molecule is Cc1ccc(NC(N)=NCC2(C3CC3)CC2)cc1. The van der Waals surface area contributed by atoms with E-state index in [9.17, 15) is 0 Å². The third-order valence-corrected chi connectivity index (χ3v) is 4.22. The highest BCUT2D eigenvalue weighted by Gasteiger charge is 2.53. The molecule has 18 heavy (non-hydrogen) atoms. The first-order valence-corrected chi connectivity index (χ1v) is 6.82. The van der Waals surface area contributed by atoms with Crippen LogP contribution in [0.5, 0.6) is 0 Å². The van der Waals surface area contributed by atoms with Gasteiger partial charge in [-0.25, -0.2) is 0 Å². The Labute approximate surface area is 108 Å². The van der Waals surface area contributed by atoms with Gasteiger partial charge in [0, 0.05) is 12.2 Å². The molecule has 3 rings (SSSR count). The number of guanidine groups is 1. The van der Waals surface area contributed by atoms with Crippen molar-refractivity contribution in [2.45, 2.75) is 32.6 Å². The summed E-state index contributed by atoms with van der Waals surface area (Å²) in [5.41, 5.74) is 8.73. The number of nitrogens with two attached hydrogens (primary N) is 1. The molecular weight excluding hydrogens is 222 g/mol. The second-order valence-corrected chi connectivity index (χ2v) is 5.83. The molecule has 96 valence electrons. The van der Waals surface area contributed by atoms with Gasteiger partial charge in [-0.15, -0.1) is 0 Å². The minimum absolute atomic E-state index is 0.527. The van der Waals surface area contributed by atoms with Gasteiger partial charge in [-0.05, 0) is 56.1 Å². The highest BCUT2D eigenvalue weighted by atomic mass is 15.1. The van der Waals surface area contributed by atoms with Gasteiger partial charge in [0.15, 0.2) is 5.96 Å². The summed E-state index contributed by atoms with van der Waals surface area (Å²) >= 11 is 0. The lowest BCUT2D eigenvalue weighted by molar-refractivity contribution is 0.454. The summed E-state index contributed by atoms with van der Waals surface area (Å²) in [5, 5.41) is 3.16. The molecule has 0 atom stereocenters. The van der Waals surface area contributed by atoms with E-state index < -0.39 is 0 Å². The fourth-order valence-corrected chi connectivity index (χ4v) is 2.62. The average Bonchev–Trinajstić information content (AvgIpc) is 3.22. The first-order valence-electron chi connectivity index (χ1n) is 6.82. The first-order chi connectivity index (χ1) is 8.68. The monoisotopic (exact) mass is 243 g/mol. The van der Waals surface area contributed by atoms with E-state index >= 15 is 0 Å². The van der Waals surface area contributed by atoms with Crippen LogP contribution >= 0.6 is 0 Å². The lowest BCUT2D eigenvalue weighted by Gasteiger charge is -2.11. The van der Waals surface area contributed by atoms with Gasteiger partial charge in [-0.2, -0.15) is 0 Å². The van der Waals surface area contributed by atoms with Crippen molar-refractivity contribution in [3.63, 3.8) is 0 Å². The Balaban J connectivity index is 1.57. The van der Waals surface area contributed by atoms with Crippen LogP contribution in [0, 0.1) is 18.3 Å². The van der Waals surface area contributed by atoms with Gasteiger partial charge in [-0.3, -0.25) is 4.99 Å². The minimum Gasteiger partial charge on any atom is -0.370 e. The molecule has 2 saturated carbocycles. The summed E-state index contributed by atoms with van der Waals surface area (Å²) in [4.78, 5) is 4.52. The van der Waals surface area contributed by atoms with Gasteiger partial charge in [-0.1, -0.05) is 17.7 Å². The Hall–Kier alpha value is -1.51. The highest BCUT2D eigenvalue weighted by molar-refractivity contribution is 5.92. The lowest BCUT2D eigenvalue weighted by atomic mass is 10.0. The molecule has 0 radical (unpaired) electrons. The third-order valence-electron chi connectivity index (χ3n) is 4.22. The van der Waals surface area contributed by atoms with Crippen LogP contribution in [0.4, 0.5) is 5.69 Å². The van der Waals surface area contributed by atoms with Crippen LogP contribution in [0.25, 0.3) is 0 Å². The maximum absolute atomic E-state index is 5.94. The number of aryl methyl sites for hydroxylation is 1. The zero-order valence-corrected chi connectivity index (χ0v) is 10.9. The minimum atomic E-state index is 0.527. The fraction of sp³-hybridized carbons (Fsp3) is 0.533. The Kier molecular flexibility index (Phi) is 2.77. The molecule has 1 aromatic rings. The Bertz CT molecular complexity index is 453. The number of benzene rings is 1. The number of nitrogens with zero attached hydrogens (tertiary/aromatic N) is 1. The summed E-state index contributed by atoms with van der Waals surface area (Å²) in [7, 11) is 0. The normalized spacial score (nSPS) is 21.7. The van der Waals surface area contributed by atoms with E-state index in [0.717, 1.165) is 18.2 Å². The predicted octanol–water partition coefficient (Wildman–Crippen LogP) is 2.91. The first kappa shape index (κ1) is 11.6. The number of rotatable bonds is 4. The van der Waals surface area contributed by atoms with Crippen molar-refractivity contribution in [3.8, 4) is 0 Å². The molecule has 0 amide bonds. The van der Waals surface area contributed by atoms with Crippen molar-refractivity contribution in [2.75, 3.05) is 11.9 Å². The summed E-state index contributed by atoms with van der Waals surface area (Å²) in [6.45, 7) is 2.98. The number of hydrogen-bond donors (Lipinski definition) is 2.